The Kier molecular flexibility index (Phi) is 38.6. The van der Waals surface area contributed by atoms with E-state index in [4.69, 9.17) is 18.5 Å². The van der Waals surface area contributed by atoms with Gasteiger partial charge >= 0.3 is 13.8 Å². The van der Waals surface area contributed by atoms with Crippen molar-refractivity contribution in [3.8, 4) is 0 Å². The van der Waals surface area contributed by atoms with Gasteiger partial charge in [-0.05, 0) is 44.9 Å². The number of rotatable bonds is 43. The number of aliphatic hydroxyl groups is 5. The lowest BCUT2D eigenvalue weighted by Crippen LogP contribution is -2.64. The Morgan fingerprint density at radius 2 is 0.937 bits per heavy atom. The van der Waals surface area contributed by atoms with E-state index < -0.39 is 63.1 Å². The summed E-state index contributed by atoms with van der Waals surface area (Å²) in [5.41, 5.74) is 0. The van der Waals surface area contributed by atoms with Crippen LogP contribution in [0.15, 0.2) is 36.5 Å². The molecule has 6 atom stereocenters. The molecule has 1 aliphatic carbocycles. The van der Waals surface area contributed by atoms with Crippen molar-refractivity contribution >= 4 is 13.8 Å². The van der Waals surface area contributed by atoms with Crippen LogP contribution in [0, 0.1) is 0 Å². The summed E-state index contributed by atoms with van der Waals surface area (Å²) in [6, 6.07) is 0. The molecule has 370 valence electrons. The summed E-state index contributed by atoms with van der Waals surface area (Å²) in [7, 11) is -5.02. The van der Waals surface area contributed by atoms with Gasteiger partial charge in [0.05, 0.1) is 13.2 Å². The fraction of sp³-hybridized carbons (Fsp3) is 0.860. The smallest absolute Gasteiger partial charge is 0.457 e. The third kappa shape index (κ3) is 32.8. The number of esters is 1. The number of carbonyl (C=O) groups excluding carboxylic acids is 1. The van der Waals surface area contributed by atoms with Crippen LogP contribution in [-0.4, -0.2) is 98.9 Å². The van der Waals surface area contributed by atoms with Crippen molar-refractivity contribution < 1.29 is 58.3 Å². The molecule has 1 saturated carbocycles. The first-order chi connectivity index (χ1) is 30.5. The highest BCUT2D eigenvalue weighted by atomic mass is 31.2. The molecule has 0 heterocycles. The Morgan fingerprint density at radius 1 is 0.524 bits per heavy atom. The third-order valence-corrected chi connectivity index (χ3v) is 12.8. The fourth-order valence-corrected chi connectivity index (χ4v) is 8.76. The summed E-state index contributed by atoms with van der Waals surface area (Å²) in [6.07, 6.45) is 36.4. The molecule has 0 saturated heterocycles. The Hall–Kier alpha value is -1.44. The lowest BCUT2D eigenvalue weighted by Gasteiger charge is -2.41. The Morgan fingerprint density at radius 3 is 1.43 bits per heavy atom. The van der Waals surface area contributed by atoms with E-state index in [9.17, 15) is 39.8 Å². The van der Waals surface area contributed by atoms with E-state index in [1.165, 1.54) is 109 Å². The lowest BCUT2D eigenvalue weighted by molar-refractivity contribution is -0.220. The highest BCUT2D eigenvalue weighted by molar-refractivity contribution is 7.47. The van der Waals surface area contributed by atoms with Crippen LogP contribution < -0.4 is 0 Å². The first kappa shape index (κ1) is 59.6. The van der Waals surface area contributed by atoms with E-state index in [2.05, 4.69) is 50.3 Å². The maximum Gasteiger partial charge on any atom is 0.472 e. The number of carbonyl (C=O) groups is 1. The van der Waals surface area contributed by atoms with Gasteiger partial charge in [0.25, 0.3) is 0 Å². The number of aliphatic hydroxyl groups excluding tert-OH is 5. The second-order valence-electron chi connectivity index (χ2n) is 17.6. The molecule has 6 N–H and O–H groups in total. The number of phosphoric acid groups is 1. The first-order valence-electron chi connectivity index (χ1n) is 25.3. The molecule has 0 aliphatic heterocycles. The molecule has 0 bridgehead atoms. The predicted molar refractivity (Wildman–Crippen MR) is 253 cm³/mol. The molecule has 1 rings (SSSR count). The minimum atomic E-state index is -5.02. The van der Waals surface area contributed by atoms with E-state index >= 15 is 0 Å². The summed E-state index contributed by atoms with van der Waals surface area (Å²) >= 11 is 0. The van der Waals surface area contributed by atoms with Crippen LogP contribution in [0.3, 0.4) is 0 Å². The van der Waals surface area contributed by atoms with Crippen LogP contribution in [0.2, 0.25) is 0 Å². The summed E-state index contributed by atoms with van der Waals surface area (Å²) in [4.78, 5) is 23.2. The van der Waals surface area contributed by atoms with Crippen LogP contribution in [-0.2, 0) is 27.9 Å². The van der Waals surface area contributed by atoms with Crippen LogP contribution >= 0.6 is 7.82 Å². The number of unbranched alkanes of at least 4 members (excludes halogenated alkanes) is 25. The van der Waals surface area contributed by atoms with Crippen molar-refractivity contribution in [2.75, 3.05) is 19.8 Å². The van der Waals surface area contributed by atoms with Gasteiger partial charge in [-0.2, -0.15) is 0 Å². The van der Waals surface area contributed by atoms with Gasteiger partial charge < -0.3 is 39.9 Å². The molecule has 6 unspecified atom stereocenters. The molecule has 0 aromatic carbocycles. The highest BCUT2D eigenvalue weighted by Crippen LogP contribution is 2.47. The lowest BCUT2D eigenvalue weighted by atomic mass is 9.85. The van der Waals surface area contributed by atoms with Crippen LogP contribution in [0.5, 0.6) is 0 Å². The van der Waals surface area contributed by atoms with Gasteiger partial charge in [-0.3, -0.25) is 13.8 Å². The van der Waals surface area contributed by atoms with Crippen molar-refractivity contribution in [2.45, 2.75) is 256 Å². The second kappa shape index (κ2) is 40.8. The van der Waals surface area contributed by atoms with Gasteiger partial charge in [0.15, 0.2) is 0 Å². The normalized spacial score (nSPS) is 22.1. The Bertz CT molecular complexity index is 1180. The molecule has 1 aliphatic rings. The molecule has 0 spiro atoms. The number of phosphoric ester groups is 1. The van der Waals surface area contributed by atoms with Crippen molar-refractivity contribution in [2.24, 2.45) is 0 Å². The largest absolute Gasteiger partial charge is 0.472 e. The SMILES string of the molecule is CC/C=C\C/C=C\C/C=C\CCCCCCCCCC(=O)OC(COCCCCCCCCCCCCCCCCCCCCC)COP(=O)(O)OC1C(O)C(O)C(O)C(O)C1O. The van der Waals surface area contributed by atoms with Crippen molar-refractivity contribution in [1.29, 1.82) is 0 Å². The first-order valence-corrected chi connectivity index (χ1v) is 26.8. The van der Waals surface area contributed by atoms with E-state index in [1.54, 1.807) is 0 Å². The van der Waals surface area contributed by atoms with Crippen LogP contribution in [0.4, 0.5) is 0 Å². The third-order valence-electron chi connectivity index (χ3n) is 11.8. The number of hydrogen-bond donors (Lipinski definition) is 6. The van der Waals surface area contributed by atoms with E-state index in [0.717, 1.165) is 77.0 Å². The zero-order chi connectivity index (χ0) is 46.2. The Balaban J connectivity index is 2.34. The van der Waals surface area contributed by atoms with Gasteiger partial charge in [-0.25, -0.2) is 4.57 Å². The number of ether oxygens (including phenoxy) is 2. The van der Waals surface area contributed by atoms with Crippen molar-refractivity contribution in [1.82, 2.24) is 0 Å². The average molecular weight is 917 g/mol. The molecule has 0 aromatic rings. The quantitative estimate of drug-likeness (QED) is 0.0147. The van der Waals surface area contributed by atoms with Gasteiger partial charge in [-0.15, -0.1) is 0 Å². The molecule has 63 heavy (non-hydrogen) atoms. The number of hydrogen-bond acceptors (Lipinski definition) is 11. The Labute approximate surface area is 382 Å². The zero-order valence-electron chi connectivity index (χ0n) is 39.6. The predicted octanol–water partition coefficient (Wildman–Crippen LogP) is 11.0. The van der Waals surface area contributed by atoms with Gasteiger partial charge in [-0.1, -0.05) is 198 Å². The monoisotopic (exact) mass is 917 g/mol. The van der Waals surface area contributed by atoms with Crippen molar-refractivity contribution in [3.63, 3.8) is 0 Å². The summed E-state index contributed by atoms with van der Waals surface area (Å²) in [5, 5.41) is 50.3. The molecule has 0 radical (unpaired) electrons. The molecule has 12 nitrogen and oxygen atoms in total. The second-order valence-corrected chi connectivity index (χ2v) is 19.1. The van der Waals surface area contributed by atoms with E-state index in [-0.39, 0.29) is 13.0 Å². The minimum Gasteiger partial charge on any atom is -0.457 e. The highest BCUT2D eigenvalue weighted by Gasteiger charge is 2.51. The van der Waals surface area contributed by atoms with Crippen LogP contribution in [0.1, 0.15) is 213 Å². The zero-order valence-corrected chi connectivity index (χ0v) is 40.5. The minimum absolute atomic E-state index is 0.0778. The summed E-state index contributed by atoms with van der Waals surface area (Å²) in [6.45, 7) is 4.17. The van der Waals surface area contributed by atoms with Gasteiger partial charge in [0.2, 0.25) is 0 Å². The van der Waals surface area contributed by atoms with Gasteiger partial charge in [0.1, 0.15) is 42.7 Å². The fourth-order valence-electron chi connectivity index (χ4n) is 7.78. The van der Waals surface area contributed by atoms with E-state index in [1.807, 2.05) is 0 Å². The molecule has 13 heteroatoms. The standard InChI is InChI=1S/C50H93O12P/c1-3-5-7-9-11-13-15-17-19-21-22-24-26-28-30-32-34-36-38-40-59-41-43(42-60-63(57,58)62-50-48(55)46(53)45(52)47(54)49(50)56)61-44(51)39-37-35-33-31-29-27-25-23-20-18-16-14-12-10-8-6-4-2/h6,8,12,14,18,20,43,45-50,52-56H,3-5,7,9-11,13,15-17,19,21-42H2,1-2H3,(H,57,58)/b8-6-,14-12-,20-18-. The average Bonchev–Trinajstić information content (AvgIpc) is 3.27. The molecular weight excluding hydrogens is 824 g/mol. The topological polar surface area (TPSA) is 192 Å². The summed E-state index contributed by atoms with van der Waals surface area (Å²) < 4.78 is 34.3. The number of allylic oxidation sites excluding steroid dienone is 6. The van der Waals surface area contributed by atoms with E-state index in [0.29, 0.717) is 13.0 Å². The summed E-state index contributed by atoms with van der Waals surface area (Å²) in [5.74, 6) is -0.484. The van der Waals surface area contributed by atoms with Gasteiger partial charge in [0, 0.05) is 13.0 Å². The molecular formula is C50H93O12P. The maximum absolute atomic E-state index is 12.8. The molecule has 0 aromatic heterocycles. The van der Waals surface area contributed by atoms with Crippen LogP contribution in [0.25, 0.3) is 0 Å². The molecule has 1 fully saturated rings. The maximum atomic E-state index is 12.8. The van der Waals surface area contributed by atoms with Crippen molar-refractivity contribution in [3.05, 3.63) is 36.5 Å². The molecule has 0 amide bonds.